The first-order valence-corrected chi connectivity index (χ1v) is 9.46. The van der Waals surface area contributed by atoms with E-state index in [1.54, 1.807) is 11.8 Å². The summed E-state index contributed by atoms with van der Waals surface area (Å²) in [5.41, 5.74) is 2.43. The lowest BCUT2D eigenvalue weighted by molar-refractivity contribution is -0.130. The maximum Gasteiger partial charge on any atom is 0.236 e. The highest BCUT2D eigenvalue weighted by molar-refractivity contribution is 8.01. The quantitative estimate of drug-likeness (QED) is 0.828. The van der Waals surface area contributed by atoms with Gasteiger partial charge in [-0.05, 0) is 50.6 Å². The average Bonchev–Trinajstić information content (AvgIpc) is 3.15. The number of likely N-dealkylation sites (tertiary alicyclic amines) is 1. The molecule has 2 aliphatic heterocycles. The van der Waals surface area contributed by atoms with Gasteiger partial charge < -0.3 is 14.7 Å². The minimum absolute atomic E-state index is 0.0621. The smallest absolute Gasteiger partial charge is 0.236 e. The Balaban J connectivity index is 1.71. The van der Waals surface area contributed by atoms with Gasteiger partial charge in [-0.2, -0.15) is 0 Å². The molecule has 2 heterocycles. The molecule has 0 radical (unpaired) electrons. The highest BCUT2D eigenvalue weighted by atomic mass is 32.2. The molecule has 5 heteroatoms. The lowest BCUT2D eigenvalue weighted by Gasteiger charge is -2.27. The van der Waals surface area contributed by atoms with Crippen molar-refractivity contribution in [3.05, 3.63) is 29.8 Å². The van der Waals surface area contributed by atoms with Crippen molar-refractivity contribution >= 4 is 23.4 Å². The van der Waals surface area contributed by atoms with E-state index in [2.05, 4.69) is 39.0 Å². The van der Waals surface area contributed by atoms with E-state index < -0.39 is 0 Å². The number of anilines is 1. The van der Waals surface area contributed by atoms with Gasteiger partial charge in [-0.3, -0.25) is 4.79 Å². The summed E-state index contributed by atoms with van der Waals surface area (Å²) in [5.74, 6) is 0.288. The van der Waals surface area contributed by atoms with Crippen molar-refractivity contribution in [2.24, 2.45) is 0 Å². The molecule has 126 valence electrons. The van der Waals surface area contributed by atoms with Gasteiger partial charge in [0.25, 0.3) is 0 Å². The lowest BCUT2D eigenvalue weighted by atomic mass is 10.1. The normalized spacial score (nSPS) is 25.3. The van der Waals surface area contributed by atoms with Crippen LogP contribution < -0.4 is 4.90 Å². The largest absolute Gasteiger partial charge is 0.378 e. The Morgan fingerprint density at radius 3 is 2.39 bits per heavy atom. The molecule has 23 heavy (non-hydrogen) atoms. The number of thioether (sulfide) groups is 1. The zero-order valence-corrected chi connectivity index (χ0v) is 15.2. The fraction of sp³-hybridized carbons (Fsp3) is 0.611. The third-order valence-corrected chi connectivity index (χ3v) is 6.19. The van der Waals surface area contributed by atoms with Crippen molar-refractivity contribution < 1.29 is 4.79 Å². The summed E-state index contributed by atoms with van der Waals surface area (Å²) in [7, 11) is 4.10. The zero-order chi connectivity index (χ0) is 16.4. The summed E-state index contributed by atoms with van der Waals surface area (Å²) in [6.07, 6.45) is 2.60. The molecule has 2 fully saturated rings. The fourth-order valence-corrected chi connectivity index (χ4v) is 4.66. The predicted molar refractivity (Wildman–Crippen MR) is 98.0 cm³/mol. The minimum Gasteiger partial charge on any atom is -0.378 e. The van der Waals surface area contributed by atoms with Crippen LogP contribution in [0.2, 0.25) is 0 Å². The van der Waals surface area contributed by atoms with E-state index in [0.717, 1.165) is 13.1 Å². The molecular weight excluding hydrogens is 306 g/mol. The molecule has 2 atom stereocenters. The maximum atomic E-state index is 12.5. The average molecular weight is 334 g/mol. The highest BCUT2D eigenvalue weighted by Gasteiger charge is 2.38. The number of hydrogen-bond acceptors (Lipinski definition) is 4. The van der Waals surface area contributed by atoms with Gasteiger partial charge in [0, 0.05) is 32.9 Å². The second kappa shape index (κ2) is 7.14. The molecule has 2 unspecified atom stereocenters. The van der Waals surface area contributed by atoms with Crippen LogP contribution >= 0.6 is 11.8 Å². The second-order valence-corrected chi connectivity index (χ2v) is 8.12. The number of rotatable bonds is 5. The minimum atomic E-state index is 0.0621. The van der Waals surface area contributed by atoms with E-state index in [9.17, 15) is 4.79 Å². The number of amides is 1. The first kappa shape index (κ1) is 16.7. The van der Waals surface area contributed by atoms with E-state index >= 15 is 0 Å². The predicted octanol–water partition coefficient (Wildman–Crippen LogP) is 2.81. The Kier molecular flexibility index (Phi) is 5.17. The third kappa shape index (κ3) is 3.66. The van der Waals surface area contributed by atoms with Crippen molar-refractivity contribution in [1.29, 1.82) is 0 Å². The lowest BCUT2D eigenvalue weighted by Crippen LogP contribution is -2.37. The van der Waals surface area contributed by atoms with Crippen LogP contribution in [0, 0.1) is 0 Å². The number of carbonyl (C=O) groups is 1. The zero-order valence-electron chi connectivity index (χ0n) is 14.4. The molecular formula is C18H27N3OS. The molecule has 3 rings (SSSR count). The van der Waals surface area contributed by atoms with E-state index in [1.165, 1.54) is 37.2 Å². The topological polar surface area (TPSA) is 26.8 Å². The summed E-state index contributed by atoms with van der Waals surface area (Å²) in [6, 6.07) is 8.62. The van der Waals surface area contributed by atoms with Gasteiger partial charge in [0.05, 0.1) is 5.25 Å². The molecule has 2 aliphatic rings. The molecule has 1 aromatic carbocycles. The Hall–Kier alpha value is -1.20. The van der Waals surface area contributed by atoms with Gasteiger partial charge in [-0.25, -0.2) is 0 Å². The van der Waals surface area contributed by atoms with Gasteiger partial charge in [0.2, 0.25) is 5.91 Å². The van der Waals surface area contributed by atoms with Crippen LogP contribution in [0.5, 0.6) is 0 Å². The SMILES string of the molecule is CC1SC(c2ccc(N(C)C)cc2)N(CCN2CCCC2)C1=O. The molecule has 1 amide bonds. The van der Waals surface area contributed by atoms with Crippen molar-refractivity contribution in [2.45, 2.75) is 30.4 Å². The van der Waals surface area contributed by atoms with Crippen LogP contribution in [0.3, 0.4) is 0 Å². The van der Waals surface area contributed by atoms with Crippen LogP contribution in [0.15, 0.2) is 24.3 Å². The van der Waals surface area contributed by atoms with Crippen LogP contribution in [0.1, 0.15) is 30.7 Å². The fourth-order valence-electron chi connectivity index (χ4n) is 3.35. The van der Waals surface area contributed by atoms with Crippen LogP contribution in [0.4, 0.5) is 5.69 Å². The maximum absolute atomic E-state index is 12.5. The Morgan fingerprint density at radius 1 is 1.13 bits per heavy atom. The van der Waals surface area contributed by atoms with Crippen LogP contribution in [0.25, 0.3) is 0 Å². The van der Waals surface area contributed by atoms with Gasteiger partial charge in [-0.1, -0.05) is 12.1 Å². The van der Waals surface area contributed by atoms with Gasteiger partial charge >= 0.3 is 0 Å². The summed E-state index contributed by atoms with van der Waals surface area (Å²) in [5, 5.41) is 0.225. The Morgan fingerprint density at radius 2 is 1.78 bits per heavy atom. The molecule has 0 aromatic heterocycles. The van der Waals surface area contributed by atoms with E-state index in [1.807, 2.05) is 21.0 Å². The highest BCUT2D eigenvalue weighted by Crippen LogP contribution is 2.43. The van der Waals surface area contributed by atoms with Crippen molar-refractivity contribution in [3.8, 4) is 0 Å². The first-order chi connectivity index (χ1) is 11.1. The van der Waals surface area contributed by atoms with E-state index in [4.69, 9.17) is 0 Å². The van der Waals surface area contributed by atoms with Gasteiger partial charge in [0.15, 0.2) is 0 Å². The number of hydrogen-bond donors (Lipinski definition) is 0. The Bertz CT molecular complexity index is 540. The third-order valence-electron chi connectivity index (χ3n) is 4.80. The first-order valence-electron chi connectivity index (χ1n) is 8.52. The van der Waals surface area contributed by atoms with Crippen molar-refractivity contribution in [3.63, 3.8) is 0 Å². The molecule has 0 spiro atoms. The molecule has 4 nitrogen and oxygen atoms in total. The summed E-state index contributed by atoms with van der Waals surface area (Å²) in [4.78, 5) is 19.2. The number of benzene rings is 1. The molecule has 2 saturated heterocycles. The number of nitrogens with zero attached hydrogens (tertiary/aromatic N) is 3. The van der Waals surface area contributed by atoms with E-state index in [0.29, 0.717) is 0 Å². The molecule has 0 N–H and O–H groups in total. The summed E-state index contributed by atoms with van der Waals surface area (Å²) >= 11 is 1.78. The van der Waals surface area contributed by atoms with E-state index in [-0.39, 0.29) is 16.5 Å². The monoisotopic (exact) mass is 333 g/mol. The van der Waals surface area contributed by atoms with Crippen molar-refractivity contribution in [2.75, 3.05) is 45.2 Å². The molecule has 0 bridgehead atoms. The second-order valence-electron chi connectivity index (χ2n) is 6.70. The standard InChI is InChI=1S/C18H27N3OS/c1-14-17(22)21(13-12-20-10-4-5-11-20)18(23-14)15-6-8-16(9-7-15)19(2)3/h6-9,14,18H,4-5,10-13H2,1-3H3. The number of carbonyl (C=O) groups excluding carboxylic acids is 1. The van der Waals surface area contributed by atoms with Gasteiger partial charge in [0.1, 0.15) is 5.37 Å². The van der Waals surface area contributed by atoms with Crippen LogP contribution in [-0.4, -0.2) is 61.2 Å². The summed E-state index contributed by atoms with van der Waals surface area (Å²) in [6.45, 7) is 6.26. The Labute approximate surface area is 143 Å². The molecule has 0 aliphatic carbocycles. The summed E-state index contributed by atoms with van der Waals surface area (Å²) < 4.78 is 0. The molecule has 1 aromatic rings. The van der Waals surface area contributed by atoms with Gasteiger partial charge in [-0.15, -0.1) is 11.8 Å². The van der Waals surface area contributed by atoms with Crippen molar-refractivity contribution in [1.82, 2.24) is 9.80 Å². The van der Waals surface area contributed by atoms with Crippen LogP contribution in [-0.2, 0) is 4.79 Å². The molecule has 0 saturated carbocycles.